The summed E-state index contributed by atoms with van der Waals surface area (Å²) in [7, 11) is 2.09. The molecule has 190 valence electrons. The molecule has 2 rings (SSSR count). The van der Waals surface area contributed by atoms with Crippen molar-refractivity contribution in [3.63, 3.8) is 0 Å². The zero-order valence-corrected chi connectivity index (χ0v) is 19.9. The van der Waals surface area contributed by atoms with Crippen molar-refractivity contribution in [2.75, 3.05) is 0 Å². The molecule has 6 N–H and O–H groups in total. The van der Waals surface area contributed by atoms with Crippen molar-refractivity contribution in [2.24, 2.45) is 0 Å². The summed E-state index contributed by atoms with van der Waals surface area (Å²) in [6.45, 7) is 0. The number of nitrogens with one attached hydrogen (secondary N) is 2. The molecule has 2 aromatic carbocycles. The molecule has 0 bridgehead atoms. The van der Waals surface area contributed by atoms with Crippen molar-refractivity contribution in [2.45, 2.75) is 34.7 Å². The summed E-state index contributed by atoms with van der Waals surface area (Å²) in [6.07, 6.45) is -1.63. The van der Waals surface area contributed by atoms with Crippen molar-refractivity contribution in [3.05, 3.63) is 59.7 Å². The summed E-state index contributed by atoms with van der Waals surface area (Å²) in [4.78, 5) is 70.4. The average Bonchev–Trinajstić information content (AvgIpc) is 2.81. The van der Waals surface area contributed by atoms with Crippen molar-refractivity contribution in [1.29, 1.82) is 0 Å². The van der Waals surface area contributed by atoms with Crippen molar-refractivity contribution in [3.8, 4) is 0 Å². The van der Waals surface area contributed by atoms with Gasteiger partial charge >= 0.3 is 23.9 Å². The fourth-order valence-electron chi connectivity index (χ4n) is 2.76. The predicted octanol–water partition coefficient (Wildman–Crippen LogP) is 1.80. The van der Waals surface area contributed by atoms with E-state index in [-0.39, 0.29) is 11.1 Å². The molecule has 2 atom stereocenters. The van der Waals surface area contributed by atoms with Gasteiger partial charge in [-0.1, -0.05) is 45.9 Å². The van der Waals surface area contributed by atoms with Gasteiger partial charge in [0.15, 0.2) is 0 Å². The molecule has 0 aliphatic rings. The molecule has 14 heteroatoms. The minimum atomic E-state index is -1.64. The van der Waals surface area contributed by atoms with Crippen molar-refractivity contribution in [1.82, 2.24) is 10.6 Å². The summed E-state index contributed by atoms with van der Waals surface area (Å²) < 4.78 is 0. The third-order valence-electron chi connectivity index (χ3n) is 4.45. The molecular formula is C22H20N2O10S2. The number of aliphatic carboxylic acids is 4. The van der Waals surface area contributed by atoms with E-state index in [1.165, 1.54) is 24.3 Å². The van der Waals surface area contributed by atoms with Gasteiger partial charge in [-0.05, 0) is 24.3 Å². The molecule has 0 aliphatic heterocycles. The Morgan fingerprint density at radius 2 is 0.944 bits per heavy atom. The van der Waals surface area contributed by atoms with Gasteiger partial charge in [0.1, 0.15) is 12.1 Å². The molecule has 0 heterocycles. The van der Waals surface area contributed by atoms with E-state index in [9.17, 15) is 39.0 Å². The predicted molar refractivity (Wildman–Crippen MR) is 127 cm³/mol. The molecule has 2 amide bonds. The van der Waals surface area contributed by atoms with Crippen molar-refractivity contribution < 1.29 is 49.2 Å². The van der Waals surface area contributed by atoms with Gasteiger partial charge in [0.25, 0.3) is 11.8 Å². The van der Waals surface area contributed by atoms with E-state index in [1.807, 2.05) is 0 Å². The lowest BCUT2D eigenvalue weighted by atomic mass is 10.1. The average molecular weight is 537 g/mol. The van der Waals surface area contributed by atoms with Crippen LogP contribution in [0.15, 0.2) is 58.3 Å². The molecule has 0 aliphatic carbocycles. The van der Waals surface area contributed by atoms with Crippen LogP contribution in [0.2, 0.25) is 0 Å². The van der Waals surface area contributed by atoms with E-state index >= 15 is 0 Å². The molecule has 0 saturated heterocycles. The number of carbonyl (C=O) groups is 6. The second-order valence-electron chi connectivity index (χ2n) is 7.08. The smallest absolute Gasteiger partial charge is 0.326 e. The lowest BCUT2D eigenvalue weighted by Crippen LogP contribution is -2.42. The van der Waals surface area contributed by atoms with Crippen LogP contribution in [0.5, 0.6) is 0 Å². The molecule has 2 aromatic rings. The highest BCUT2D eigenvalue weighted by molar-refractivity contribution is 8.76. The Hall–Kier alpha value is -4.04. The number of carbonyl (C=O) groups excluding carboxylic acids is 2. The summed E-state index contributed by atoms with van der Waals surface area (Å²) >= 11 is 0. The largest absolute Gasteiger partial charge is 0.481 e. The third kappa shape index (κ3) is 8.32. The van der Waals surface area contributed by atoms with Crippen LogP contribution in [0, 0.1) is 0 Å². The van der Waals surface area contributed by atoms with Crippen molar-refractivity contribution >= 4 is 57.3 Å². The highest BCUT2D eigenvalue weighted by Gasteiger charge is 2.26. The maximum Gasteiger partial charge on any atom is 0.326 e. The summed E-state index contributed by atoms with van der Waals surface area (Å²) in [5.41, 5.74) is 0.141. The van der Waals surface area contributed by atoms with E-state index in [0.29, 0.717) is 9.79 Å². The summed E-state index contributed by atoms with van der Waals surface area (Å²) in [5.74, 6) is -7.43. The molecule has 12 nitrogen and oxygen atoms in total. The first-order chi connectivity index (χ1) is 17.0. The number of amides is 2. The zero-order chi connectivity index (χ0) is 26.8. The van der Waals surface area contributed by atoms with Crippen LogP contribution < -0.4 is 10.6 Å². The minimum absolute atomic E-state index is 0.0703. The molecule has 1 unspecified atom stereocenters. The van der Waals surface area contributed by atoms with Crippen LogP contribution in [-0.2, 0) is 19.2 Å². The first-order valence-corrected chi connectivity index (χ1v) is 12.2. The monoisotopic (exact) mass is 536 g/mol. The van der Waals surface area contributed by atoms with E-state index in [2.05, 4.69) is 10.6 Å². The van der Waals surface area contributed by atoms with Crippen LogP contribution >= 0.6 is 21.6 Å². The van der Waals surface area contributed by atoms with Gasteiger partial charge in [-0.15, -0.1) is 0 Å². The number of benzene rings is 2. The summed E-state index contributed by atoms with van der Waals surface area (Å²) in [6, 6.07) is 8.99. The SMILES string of the molecule is O=C(O)CC(NC(=O)c1ccccc1SSc1ccccc1C(=O)N[C@@H](CC(=O)O)C(=O)O)C(=O)O. The van der Waals surface area contributed by atoms with E-state index in [1.54, 1.807) is 24.3 Å². The highest BCUT2D eigenvalue weighted by Crippen LogP contribution is 2.40. The first-order valence-electron chi connectivity index (χ1n) is 10.0. The molecule has 0 fully saturated rings. The molecule has 0 spiro atoms. The second-order valence-corrected chi connectivity index (χ2v) is 9.30. The van der Waals surface area contributed by atoms with E-state index < -0.39 is 60.6 Å². The quantitative estimate of drug-likeness (QED) is 0.203. The topological polar surface area (TPSA) is 207 Å². The van der Waals surface area contributed by atoms with Gasteiger partial charge < -0.3 is 31.1 Å². The fraction of sp³-hybridized carbons (Fsp3) is 0.182. The van der Waals surface area contributed by atoms with Gasteiger partial charge in [0.05, 0.1) is 24.0 Å². The number of hydrogen-bond donors (Lipinski definition) is 6. The Bertz CT molecular complexity index is 1100. The first kappa shape index (κ1) is 28.2. The molecule has 0 saturated carbocycles. The van der Waals surface area contributed by atoms with Gasteiger partial charge in [-0.2, -0.15) is 0 Å². The molecule has 0 aromatic heterocycles. The summed E-state index contributed by atoms with van der Waals surface area (Å²) in [5, 5.41) is 40.4. The van der Waals surface area contributed by atoms with E-state index in [0.717, 1.165) is 21.6 Å². The zero-order valence-electron chi connectivity index (χ0n) is 18.2. The van der Waals surface area contributed by atoms with Gasteiger partial charge in [0, 0.05) is 9.79 Å². The maximum absolute atomic E-state index is 12.7. The lowest BCUT2D eigenvalue weighted by molar-refractivity contribution is -0.145. The molecule has 36 heavy (non-hydrogen) atoms. The van der Waals surface area contributed by atoms with Gasteiger partial charge in [-0.3, -0.25) is 19.2 Å². The number of carboxylic acid groups (broad SMARTS) is 4. The Balaban J connectivity index is 2.20. The third-order valence-corrected chi connectivity index (χ3v) is 6.93. The van der Waals surface area contributed by atoms with Gasteiger partial charge in [-0.25, -0.2) is 9.59 Å². The maximum atomic E-state index is 12.7. The van der Waals surface area contributed by atoms with Gasteiger partial charge in [0.2, 0.25) is 0 Å². The molecular weight excluding hydrogens is 516 g/mol. The number of rotatable bonds is 13. The number of carboxylic acids is 4. The second kappa shape index (κ2) is 13.2. The van der Waals surface area contributed by atoms with Crippen LogP contribution in [0.4, 0.5) is 0 Å². The van der Waals surface area contributed by atoms with Crippen LogP contribution in [0.25, 0.3) is 0 Å². The van der Waals surface area contributed by atoms with E-state index in [4.69, 9.17) is 10.2 Å². The van der Waals surface area contributed by atoms with Crippen LogP contribution in [0.3, 0.4) is 0 Å². The Morgan fingerprint density at radius 3 is 1.25 bits per heavy atom. The van der Waals surface area contributed by atoms with Crippen LogP contribution in [-0.4, -0.2) is 68.2 Å². The Morgan fingerprint density at radius 1 is 0.611 bits per heavy atom. The number of hydrogen-bond acceptors (Lipinski definition) is 8. The standard InChI is InChI=1S/C22H20N2O10S2/c25-17(26)9-13(21(31)32)23-19(29)11-5-1-3-7-15(11)35-36-16-8-4-2-6-12(16)20(30)24-14(22(33)34)10-18(27)28/h1-8,13-14H,9-10H2,(H,23,29)(H,24,30)(H,25,26)(H,27,28)(H,31,32)(H,33,34)/t13-,14?/m0/s1. The lowest BCUT2D eigenvalue weighted by Gasteiger charge is -2.15. The Labute approximate surface area is 211 Å². The minimum Gasteiger partial charge on any atom is -0.481 e. The normalized spacial score (nSPS) is 12.1. The van der Waals surface area contributed by atoms with Crippen LogP contribution in [0.1, 0.15) is 33.6 Å². The Kier molecular flexibility index (Phi) is 10.3. The molecule has 0 radical (unpaired) electrons. The highest BCUT2D eigenvalue weighted by atomic mass is 33.1. The fourth-order valence-corrected chi connectivity index (χ4v) is 5.12.